The Labute approximate surface area is 307 Å². The van der Waals surface area contributed by atoms with Crippen LogP contribution in [0.1, 0.15) is 61.5 Å². The number of nitrogens with one attached hydrogen (secondary N) is 2. The summed E-state index contributed by atoms with van der Waals surface area (Å²) < 4.78 is 51.6. The number of alkyl halides is 3. The molecule has 1 aliphatic heterocycles. The Bertz CT molecular complexity index is 1630. The van der Waals surface area contributed by atoms with E-state index in [9.17, 15) is 27.9 Å². The molecule has 0 unspecified atom stereocenters. The summed E-state index contributed by atoms with van der Waals surface area (Å²) >= 11 is 12.4. The molecule has 3 amide bonds. The van der Waals surface area contributed by atoms with Gasteiger partial charge in [0, 0.05) is 43.5 Å². The lowest BCUT2D eigenvalue weighted by Gasteiger charge is -2.36. The van der Waals surface area contributed by atoms with Crippen LogP contribution in [0.5, 0.6) is 5.75 Å². The van der Waals surface area contributed by atoms with Gasteiger partial charge >= 0.3 is 12.2 Å². The van der Waals surface area contributed by atoms with Crippen molar-refractivity contribution >= 4 is 46.5 Å². The number of likely N-dealkylation sites (N-methyl/N-ethyl adjacent to an activating group) is 1. The van der Waals surface area contributed by atoms with E-state index in [-0.39, 0.29) is 48.2 Å². The van der Waals surface area contributed by atoms with E-state index in [1.165, 1.54) is 6.07 Å². The maximum Gasteiger partial charge on any atom is 0.416 e. The first-order valence-electron chi connectivity index (χ1n) is 16.9. The van der Waals surface area contributed by atoms with Gasteiger partial charge in [-0.3, -0.25) is 9.69 Å². The van der Waals surface area contributed by atoms with Crippen LogP contribution in [0.3, 0.4) is 0 Å². The summed E-state index contributed by atoms with van der Waals surface area (Å²) in [5.74, 6) is -0.228. The van der Waals surface area contributed by atoms with Crippen LogP contribution in [-0.4, -0.2) is 78.4 Å². The van der Waals surface area contributed by atoms with Crippen molar-refractivity contribution in [1.82, 2.24) is 9.80 Å². The molecule has 0 aromatic heterocycles. The van der Waals surface area contributed by atoms with Crippen LogP contribution in [0.25, 0.3) is 0 Å². The summed E-state index contributed by atoms with van der Waals surface area (Å²) in [5, 5.41) is 16.4. The van der Waals surface area contributed by atoms with E-state index >= 15 is 0 Å². The number of anilines is 2. The fraction of sp³-hybridized carbons (Fsp3) is 0.459. The van der Waals surface area contributed by atoms with Crippen molar-refractivity contribution in [3.63, 3.8) is 0 Å². The van der Waals surface area contributed by atoms with Gasteiger partial charge in [-0.15, -0.1) is 0 Å². The number of hydrogen-bond donors (Lipinski definition) is 3. The third-order valence-electron chi connectivity index (χ3n) is 8.71. The van der Waals surface area contributed by atoms with Crippen molar-refractivity contribution in [2.45, 2.75) is 71.0 Å². The van der Waals surface area contributed by atoms with Crippen molar-refractivity contribution < 1.29 is 37.3 Å². The van der Waals surface area contributed by atoms with Crippen LogP contribution in [-0.2, 0) is 17.5 Å². The highest BCUT2D eigenvalue weighted by Crippen LogP contribution is 2.31. The zero-order chi connectivity index (χ0) is 37.3. The SMILES string of the molecule is C[C@@H]1CCCCO[C@H](CN(C)Cc2ccc(Cl)c(Cl)c2)[C@H](C)CN([C@@H](C)CO)C(=O)c2cc(NC(=O)Nc3ccc(C(F)(F)F)cc3)ccc2O1. The number of hydrogen-bond acceptors (Lipinski definition) is 6. The van der Waals surface area contributed by atoms with Gasteiger partial charge in [0.1, 0.15) is 5.75 Å². The Hall–Kier alpha value is -3.55. The predicted molar refractivity (Wildman–Crippen MR) is 194 cm³/mol. The van der Waals surface area contributed by atoms with Crippen LogP contribution >= 0.6 is 23.2 Å². The molecular weight excluding hydrogens is 708 g/mol. The Kier molecular flexibility index (Phi) is 14.4. The van der Waals surface area contributed by atoms with E-state index in [1.54, 1.807) is 30.0 Å². The fourth-order valence-corrected chi connectivity index (χ4v) is 6.14. The van der Waals surface area contributed by atoms with Crippen LogP contribution in [0.2, 0.25) is 10.0 Å². The molecule has 1 aliphatic rings. The molecule has 1 heterocycles. The van der Waals surface area contributed by atoms with Gasteiger partial charge in [-0.05, 0) is 100 Å². The second kappa shape index (κ2) is 18.3. The number of halogens is 5. The highest BCUT2D eigenvalue weighted by atomic mass is 35.5. The molecule has 4 rings (SSSR count). The first-order valence-corrected chi connectivity index (χ1v) is 17.6. The van der Waals surface area contributed by atoms with Crippen molar-refractivity contribution in [2.24, 2.45) is 5.92 Å². The molecule has 0 fully saturated rings. The fourth-order valence-electron chi connectivity index (χ4n) is 5.82. The molecule has 0 radical (unpaired) electrons. The molecule has 0 aliphatic carbocycles. The van der Waals surface area contributed by atoms with Gasteiger partial charge in [0.2, 0.25) is 0 Å². The monoisotopic (exact) mass is 752 g/mol. The lowest BCUT2D eigenvalue weighted by atomic mass is 10.0. The molecule has 3 aromatic carbocycles. The number of fused-ring (bicyclic) bond motifs is 1. The maximum absolute atomic E-state index is 14.4. The van der Waals surface area contributed by atoms with Gasteiger partial charge in [-0.1, -0.05) is 36.2 Å². The number of aliphatic hydroxyl groups is 1. The Morgan fingerprint density at radius 3 is 2.37 bits per heavy atom. The average molecular weight is 754 g/mol. The van der Waals surface area contributed by atoms with Gasteiger partial charge in [-0.25, -0.2) is 4.79 Å². The molecule has 0 spiro atoms. The predicted octanol–water partition coefficient (Wildman–Crippen LogP) is 8.58. The molecule has 4 atom stereocenters. The number of ether oxygens (including phenoxy) is 2. The molecule has 51 heavy (non-hydrogen) atoms. The van der Waals surface area contributed by atoms with Crippen LogP contribution < -0.4 is 15.4 Å². The molecule has 9 nitrogen and oxygen atoms in total. The van der Waals surface area contributed by atoms with E-state index in [0.29, 0.717) is 41.9 Å². The van der Waals surface area contributed by atoms with Crippen molar-refractivity contribution in [1.29, 1.82) is 0 Å². The van der Waals surface area contributed by atoms with Gasteiger partial charge in [0.15, 0.2) is 0 Å². The van der Waals surface area contributed by atoms with E-state index in [0.717, 1.165) is 42.7 Å². The Morgan fingerprint density at radius 1 is 1.02 bits per heavy atom. The summed E-state index contributed by atoms with van der Waals surface area (Å²) in [6.07, 6.45) is -2.64. The second-order valence-corrected chi connectivity index (χ2v) is 13.9. The summed E-state index contributed by atoms with van der Waals surface area (Å²) in [6.45, 7) is 7.35. The van der Waals surface area contributed by atoms with E-state index in [2.05, 4.69) is 15.5 Å². The standard InChI is InChI=1S/C37H45Cl2F3N4O5/c1-23-19-46(24(2)22-47)35(48)30-18-29(44-36(49)43-28-11-9-27(10-12-28)37(40,41)42)13-15-33(30)51-25(3)7-5-6-16-50-34(23)21-45(4)20-26-8-14-31(38)32(39)17-26/h8-15,17-18,23-25,34,47H,5-7,16,19-22H2,1-4H3,(H2,43,44,49)/t23-,24+,25-,34-/m1/s1. The van der Waals surface area contributed by atoms with Crippen LogP contribution in [0, 0.1) is 5.92 Å². The molecule has 0 saturated heterocycles. The number of nitrogens with zero attached hydrogens (tertiary/aromatic N) is 2. The number of amides is 3. The number of aliphatic hydroxyl groups excluding tert-OH is 1. The van der Waals surface area contributed by atoms with Gasteiger partial charge in [0.05, 0.1) is 46.0 Å². The molecule has 3 aromatic rings. The molecular formula is C37H45Cl2F3N4O5. The second-order valence-electron chi connectivity index (χ2n) is 13.1. The summed E-state index contributed by atoms with van der Waals surface area (Å²) in [6, 6.07) is 13.0. The smallest absolute Gasteiger partial charge is 0.416 e. The zero-order valence-electron chi connectivity index (χ0n) is 29.1. The Morgan fingerprint density at radius 2 is 1.71 bits per heavy atom. The van der Waals surface area contributed by atoms with Crippen molar-refractivity contribution in [3.05, 3.63) is 87.4 Å². The number of carbonyl (C=O) groups is 2. The number of rotatable bonds is 8. The first-order chi connectivity index (χ1) is 24.1. The minimum Gasteiger partial charge on any atom is -0.490 e. The first kappa shape index (κ1) is 40.2. The van der Waals surface area contributed by atoms with Crippen LogP contribution in [0.15, 0.2) is 60.7 Å². The minimum absolute atomic E-state index is 0.152. The van der Waals surface area contributed by atoms with Crippen molar-refractivity contribution in [3.8, 4) is 5.75 Å². The Balaban J connectivity index is 1.57. The molecule has 0 saturated carbocycles. The largest absolute Gasteiger partial charge is 0.490 e. The minimum atomic E-state index is -4.50. The third kappa shape index (κ3) is 11.7. The number of urea groups is 1. The van der Waals surface area contributed by atoms with Gasteiger partial charge in [-0.2, -0.15) is 13.2 Å². The zero-order valence-corrected chi connectivity index (χ0v) is 30.6. The topological polar surface area (TPSA) is 103 Å². The maximum atomic E-state index is 14.4. The number of carbonyl (C=O) groups excluding carboxylic acids is 2. The third-order valence-corrected chi connectivity index (χ3v) is 9.45. The van der Waals surface area contributed by atoms with Gasteiger partial charge in [0.25, 0.3) is 5.91 Å². The molecule has 278 valence electrons. The highest BCUT2D eigenvalue weighted by molar-refractivity contribution is 6.42. The van der Waals surface area contributed by atoms with E-state index in [4.69, 9.17) is 32.7 Å². The number of benzene rings is 3. The van der Waals surface area contributed by atoms with Crippen molar-refractivity contribution in [2.75, 3.05) is 44.0 Å². The summed E-state index contributed by atoms with van der Waals surface area (Å²) in [7, 11) is 1.99. The van der Waals surface area contributed by atoms with E-state index < -0.39 is 29.7 Å². The lowest BCUT2D eigenvalue weighted by Crippen LogP contribution is -2.47. The van der Waals surface area contributed by atoms with Crippen LogP contribution in [0.4, 0.5) is 29.3 Å². The molecule has 3 N–H and O–H groups in total. The quantitative estimate of drug-likeness (QED) is 0.213. The average Bonchev–Trinajstić information content (AvgIpc) is 3.07. The van der Waals surface area contributed by atoms with E-state index in [1.807, 2.05) is 33.0 Å². The molecule has 0 bridgehead atoms. The summed E-state index contributed by atoms with van der Waals surface area (Å²) in [4.78, 5) is 30.9. The normalized spacial score (nSPS) is 19.9. The lowest BCUT2D eigenvalue weighted by molar-refractivity contribution is -0.137. The highest BCUT2D eigenvalue weighted by Gasteiger charge is 2.31. The van der Waals surface area contributed by atoms with Gasteiger partial charge < -0.3 is 30.1 Å². The molecule has 14 heteroatoms. The summed E-state index contributed by atoms with van der Waals surface area (Å²) in [5.41, 5.74) is 0.765.